The van der Waals surface area contributed by atoms with Gasteiger partial charge in [-0.3, -0.25) is 13.9 Å². The van der Waals surface area contributed by atoms with Crippen LogP contribution >= 0.6 is 0 Å². The molecule has 1 N–H and O–H groups in total. The molecule has 0 aliphatic heterocycles. The maximum Gasteiger partial charge on any atom is 0.331 e. The zero-order valence-corrected chi connectivity index (χ0v) is 17.0. The fraction of sp³-hybridized carbons (Fsp3) is 0.350. The molecule has 11 heteroatoms. The summed E-state index contributed by atoms with van der Waals surface area (Å²) in [4.78, 5) is 37.9. The molecule has 156 valence electrons. The molecule has 0 amide bonds. The lowest BCUT2D eigenvalue weighted by molar-refractivity contribution is -0.121. The van der Waals surface area contributed by atoms with Crippen LogP contribution in [0.25, 0.3) is 16.8 Å². The molecule has 1 fully saturated rings. The van der Waals surface area contributed by atoms with E-state index in [1.54, 1.807) is 24.0 Å². The molecule has 4 aromatic rings. The number of carbonyl (C=O) groups is 1. The van der Waals surface area contributed by atoms with Gasteiger partial charge in [0.25, 0.3) is 0 Å². The Morgan fingerprint density at radius 3 is 2.74 bits per heavy atom. The Morgan fingerprint density at radius 2 is 2.00 bits per heavy atom. The number of anilines is 2. The molecular formula is C20H19N9O2. The maximum absolute atomic E-state index is 13.1. The van der Waals surface area contributed by atoms with Crippen molar-refractivity contribution in [2.24, 2.45) is 7.05 Å². The predicted molar refractivity (Wildman–Crippen MR) is 111 cm³/mol. The largest absolute Gasteiger partial charge is 0.331 e. The number of ketones is 1. The number of aryl methyl sites for hydroxylation is 2. The first-order valence-corrected chi connectivity index (χ1v) is 9.87. The monoisotopic (exact) mass is 417 g/mol. The van der Waals surface area contributed by atoms with Gasteiger partial charge in [0.1, 0.15) is 23.2 Å². The number of nitriles is 1. The molecule has 0 unspecified atom stereocenters. The number of pyridine rings is 1. The molecule has 4 aromatic heterocycles. The molecule has 0 saturated heterocycles. The van der Waals surface area contributed by atoms with Crippen LogP contribution in [0, 0.1) is 18.3 Å². The zero-order valence-electron chi connectivity index (χ0n) is 17.0. The number of nitrogens with one attached hydrogen (secondary N) is 1. The second kappa shape index (κ2) is 6.73. The molecule has 4 heterocycles. The van der Waals surface area contributed by atoms with Gasteiger partial charge < -0.3 is 5.32 Å². The molecule has 5 rings (SSSR count). The number of hydrogen-bond donors (Lipinski definition) is 1. The Labute approximate surface area is 176 Å². The molecule has 1 aliphatic rings. The second-order valence-electron chi connectivity index (χ2n) is 7.82. The second-order valence-corrected chi connectivity index (χ2v) is 7.82. The highest BCUT2D eigenvalue weighted by molar-refractivity contribution is 5.80. The van der Waals surface area contributed by atoms with E-state index in [1.807, 2.05) is 13.0 Å². The third-order valence-corrected chi connectivity index (χ3v) is 5.94. The normalized spacial score (nSPS) is 16.0. The average molecular weight is 417 g/mol. The van der Waals surface area contributed by atoms with E-state index in [0.29, 0.717) is 11.2 Å². The van der Waals surface area contributed by atoms with Gasteiger partial charge in [-0.15, -0.1) is 0 Å². The van der Waals surface area contributed by atoms with Crippen LogP contribution in [0.5, 0.6) is 0 Å². The highest BCUT2D eigenvalue weighted by atomic mass is 16.2. The van der Waals surface area contributed by atoms with E-state index in [1.165, 1.54) is 15.5 Å². The summed E-state index contributed by atoms with van der Waals surface area (Å²) in [7, 11) is 1.62. The fourth-order valence-corrected chi connectivity index (χ4v) is 4.09. The Balaban J connectivity index is 1.63. The molecule has 31 heavy (non-hydrogen) atoms. The van der Waals surface area contributed by atoms with E-state index in [2.05, 4.69) is 31.4 Å². The summed E-state index contributed by atoms with van der Waals surface area (Å²) in [6, 6.07) is 4.18. The van der Waals surface area contributed by atoms with Crippen molar-refractivity contribution in [1.29, 1.82) is 5.26 Å². The van der Waals surface area contributed by atoms with Crippen LogP contribution in [0.2, 0.25) is 0 Å². The molecule has 11 nitrogen and oxygen atoms in total. The van der Waals surface area contributed by atoms with Crippen molar-refractivity contribution in [3.63, 3.8) is 0 Å². The van der Waals surface area contributed by atoms with Gasteiger partial charge in [0.2, 0.25) is 5.95 Å². The number of fused-ring (bicyclic) bond motifs is 2. The van der Waals surface area contributed by atoms with Crippen LogP contribution in [0.15, 0.2) is 29.6 Å². The van der Waals surface area contributed by atoms with Gasteiger partial charge in [-0.25, -0.2) is 19.3 Å². The van der Waals surface area contributed by atoms with Gasteiger partial charge >= 0.3 is 5.69 Å². The summed E-state index contributed by atoms with van der Waals surface area (Å²) in [5, 5.41) is 17.3. The van der Waals surface area contributed by atoms with Crippen LogP contribution in [0.1, 0.15) is 31.2 Å². The third-order valence-electron chi connectivity index (χ3n) is 5.94. The van der Waals surface area contributed by atoms with Crippen molar-refractivity contribution in [2.45, 2.75) is 38.1 Å². The van der Waals surface area contributed by atoms with Gasteiger partial charge in [0.15, 0.2) is 11.3 Å². The Morgan fingerprint density at radius 1 is 1.23 bits per heavy atom. The number of nitrogens with zero attached hydrogens (tertiary/aromatic N) is 8. The highest BCUT2D eigenvalue weighted by Crippen LogP contribution is 2.34. The van der Waals surface area contributed by atoms with E-state index >= 15 is 0 Å². The maximum atomic E-state index is 13.1. The first kappa shape index (κ1) is 18.9. The van der Waals surface area contributed by atoms with Gasteiger partial charge in [0.05, 0.1) is 24.2 Å². The SMILES string of the molecule is Cc1cc2ncnn2cc1Nc1ncc2c(n1)n(C1(C#N)CCC(=O)CC1)c(=O)n2C. The first-order chi connectivity index (χ1) is 14.9. The number of Topliss-reactive ketones (excluding diaryl/α,β-unsaturated/α-hetero) is 1. The summed E-state index contributed by atoms with van der Waals surface area (Å²) < 4.78 is 4.49. The lowest BCUT2D eigenvalue weighted by atomic mass is 9.82. The van der Waals surface area contributed by atoms with Crippen molar-refractivity contribution in [1.82, 2.24) is 33.7 Å². The summed E-state index contributed by atoms with van der Waals surface area (Å²) >= 11 is 0. The average Bonchev–Trinajstić information content (AvgIpc) is 3.31. The van der Waals surface area contributed by atoms with E-state index in [0.717, 1.165) is 16.9 Å². The Hall–Kier alpha value is -4.07. The van der Waals surface area contributed by atoms with Gasteiger partial charge in [-0.1, -0.05) is 0 Å². The summed E-state index contributed by atoms with van der Waals surface area (Å²) in [5.74, 6) is 0.393. The van der Waals surface area contributed by atoms with Crippen molar-refractivity contribution in [2.75, 3.05) is 5.32 Å². The molecule has 0 radical (unpaired) electrons. The van der Waals surface area contributed by atoms with Crippen molar-refractivity contribution >= 4 is 34.2 Å². The first-order valence-electron chi connectivity index (χ1n) is 9.87. The number of imidazole rings is 1. The molecule has 1 aliphatic carbocycles. The molecule has 0 bridgehead atoms. The van der Waals surface area contributed by atoms with E-state index < -0.39 is 5.54 Å². The van der Waals surface area contributed by atoms with E-state index in [4.69, 9.17) is 0 Å². The van der Waals surface area contributed by atoms with Crippen LogP contribution in [0.4, 0.5) is 11.6 Å². The molecule has 0 aromatic carbocycles. The summed E-state index contributed by atoms with van der Waals surface area (Å²) in [5.41, 5.74) is 1.81. The molecular weight excluding hydrogens is 398 g/mol. The number of carbonyl (C=O) groups excluding carboxylic acids is 1. The topological polar surface area (TPSA) is 136 Å². The minimum Gasteiger partial charge on any atom is -0.323 e. The van der Waals surface area contributed by atoms with Gasteiger partial charge in [-0.05, 0) is 31.4 Å². The van der Waals surface area contributed by atoms with Crippen LogP contribution in [-0.4, -0.2) is 39.5 Å². The van der Waals surface area contributed by atoms with Crippen molar-refractivity contribution in [3.05, 3.63) is 40.8 Å². The van der Waals surface area contributed by atoms with E-state index in [9.17, 15) is 14.9 Å². The highest BCUT2D eigenvalue weighted by Gasteiger charge is 2.40. The van der Waals surface area contributed by atoms with E-state index in [-0.39, 0.29) is 43.1 Å². The Kier molecular flexibility index (Phi) is 4.11. The quantitative estimate of drug-likeness (QED) is 0.531. The minimum absolute atomic E-state index is 0.107. The van der Waals surface area contributed by atoms with Crippen LogP contribution in [-0.2, 0) is 17.4 Å². The predicted octanol–water partition coefficient (Wildman–Crippen LogP) is 1.59. The number of rotatable bonds is 3. The standard InChI is InChI=1S/C20H19N9O2/c1-12-7-16-23-11-24-28(16)9-14(12)25-18-22-8-15-17(26-18)29(19(31)27(15)2)20(10-21)5-3-13(30)4-6-20/h7-9,11H,3-6H2,1-2H3,(H,22,25,26). The fourth-order valence-electron chi connectivity index (χ4n) is 4.09. The third kappa shape index (κ3) is 2.87. The van der Waals surface area contributed by atoms with Gasteiger partial charge in [-0.2, -0.15) is 15.3 Å². The Bertz CT molecular complexity index is 1440. The molecule has 0 spiro atoms. The lowest BCUT2D eigenvalue weighted by Crippen LogP contribution is -2.43. The van der Waals surface area contributed by atoms with Crippen molar-refractivity contribution < 1.29 is 4.79 Å². The van der Waals surface area contributed by atoms with Crippen molar-refractivity contribution in [3.8, 4) is 6.07 Å². The zero-order chi connectivity index (χ0) is 21.8. The lowest BCUT2D eigenvalue weighted by Gasteiger charge is -2.30. The van der Waals surface area contributed by atoms with Crippen LogP contribution in [0.3, 0.4) is 0 Å². The minimum atomic E-state index is -1.11. The van der Waals surface area contributed by atoms with Gasteiger partial charge in [0, 0.05) is 19.9 Å². The van der Waals surface area contributed by atoms with Crippen LogP contribution < -0.4 is 11.0 Å². The number of aromatic nitrogens is 7. The summed E-state index contributed by atoms with van der Waals surface area (Å²) in [6.45, 7) is 1.93. The smallest absolute Gasteiger partial charge is 0.323 e. The number of hydrogen-bond acceptors (Lipinski definition) is 8. The molecule has 1 saturated carbocycles. The molecule has 0 atom stereocenters. The summed E-state index contributed by atoms with van der Waals surface area (Å²) in [6.07, 6.45) is 5.93.